The molecule has 0 amide bonds. The average Bonchev–Trinajstić information content (AvgIpc) is 2.12. The number of benzene rings is 1. The van der Waals surface area contributed by atoms with Gasteiger partial charge in [0.25, 0.3) is 0 Å². The Morgan fingerprint density at radius 3 is 2.83 bits per heavy atom. The third-order valence-corrected chi connectivity index (χ3v) is 2.19. The van der Waals surface area contributed by atoms with Gasteiger partial charge in [-0.1, -0.05) is 23.7 Å². The van der Waals surface area contributed by atoms with Crippen molar-refractivity contribution in [2.24, 2.45) is 0 Å². The van der Waals surface area contributed by atoms with Crippen molar-refractivity contribution in [3.05, 3.63) is 36.0 Å². The summed E-state index contributed by atoms with van der Waals surface area (Å²) in [7, 11) is 2.09. The first-order valence-electron chi connectivity index (χ1n) is 4.10. The predicted molar refractivity (Wildman–Crippen MR) is 54.7 cm³/mol. The number of hydrogen-bond acceptors (Lipinski definition) is 1. The number of aryl methyl sites for hydroxylation is 1. The van der Waals surface area contributed by atoms with Gasteiger partial charge in [0, 0.05) is 11.6 Å². The Bertz CT molecular complexity index is 383. The normalized spacial score (nSPS) is 10.4. The lowest BCUT2D eigenvalue weighted by molar-refractivity contribution is 1.40. The van der Waals surface area contributed by atoms with Crippen LogP contribution in [0.3, 0.4) is 0 Å². The van der Waals surface area contributed by atoms with Gasteiger partial charge in [-0.15, -0.1) is 0 Å². The molecule has 0 aliphatic heterocycles. The molecule has 1 aromatic heterocycles. The summed E-state index contributed by atoms with van der Waals surface area (Å²) in [6.45, 7) is 2.11. The van der Waals surface area contributed by atoms with Crippen LogP contribution >= 0.6 is 0 Å². The molecule has 2 rings (SSSR count). The Hall–Kier alpha value is -1.31. The molecule has 0 spiro atoms. The molecule has 1 aromatic carbocycles. The van der Waals surface area contributed by atoms with E-state index >= 15 is 0 Å². The Morgan fingerprint density at radius 1 is 1.25 bits per heavy atom. The SMILES string of the molecule is Bc1ccc(C)c2cccnc12. The molecule has 0 N–H and O–H groups in total. The van der Waals surface area contributed by atoms with Gasteiger partial charge < -0.3 is 0 Å². The Kier molecular flexibility index (Phi) is 1.61. The molecule has 2 heteroatoms. The molecule has 0 atom stereocenters. The highest BCUT2D eigenvalue weighted by Crippen LogP contribution is 2.12. The molecule has 58 valence electrons. The van der Waals surface area contributed by atoms with Crippen LogP contribution in [0.2, 0.25) is 0 Å². The van der Waals surface area contributed by atoms with Gasteiger partial charge >= 0.3 is 0 Å². The van der Waals surface area contributed by atoms with Crippen LogP contribution in [0.25, 0.3) is 10.9 Å². The number of nitrogens with zero attached hydrogens (tertiary/aromatic N) is 1. The van der Waals surface area contributed by atoms with E-state index in [0.717, 1.165) is 5.52 Å². The van der Waals surface area contributed by atoms with E-state index in [1.54, 1.807) is 0 Å². The lowest BCUT2D eigenvalue weighted by Gasteiger charge is -2.02. The summed E-state index contributed by atoms with van der Waals surface area (Å²) < 4.78 is 0. The summed E-state index contributed by atoms with van der Waals surface area (Å²) >= 11 is 0. The first-order chi connectivity index (χ1) is 5.79. The molecule has 0 bridgehead atoms. The number of pyridine rings is 1. The number of hydrogen-bond donors (Lipinski definition) is 0. The summed E-state index contributed by atoms with van der Waals surface area (Å²) in [6.07, 6.45) is 1.84. The Balaban J connectivity index is 2.95. The van der Waals surface area contributed by atoms with Crippen LogP contribution < -0.4 is 5.46 Å². The van der Waals surface area contributed by atoms with Crippen molar-refractivity contribution in [3.8, 4) is 0 Å². The number of aromatic nitrogens is 1. The topological polar surface area (TPSA) is 12.9 Å². The average molecular weight is 155 g/mol. The van der Waals surface area contributed by atoms with Crippen molar-refractivity contribution in [1.29, 1.82) is 0 Å². The highest BCUT2D eigenvalue weighted by molar-refractivity contribution is 6.38. The quantitative estimate of drug-likeness (QED) is 0.513. The molecule has 0 saturated heterocycles. The first-order valence-corrected chi connectivity index (χ1v) is 4.10. The molecule has 1 heterocycles. The largest absolute Gasteiger partial charge is 0.257 e. The zero-order valence-electron chi connectivity index (χ0n) is 7.33. The third-order valence-electron chi connectivity index (χ3n) is 2.19. The minimum absolute atomic E-state index is 1.12. The fourth-order valence-corrected chi connectivity index (χ4v) is 1.46. The molecule has 0 unspecified atom stereocenters. The van der Waals surface area contributed by atoms with Crippen LogP contribution in [0.5, 0.6) is 0 Å². The number of rotatable bonds is 0. The van der Waals surface area contributed by atoms with Crippen LogP contribution in [-0.2, 0) is 0 Å². The van der Waals surface area contributed by atoms with Crippen molar-refractivity contribution in [1.82, 2.24) is 4.98 Å². The van der Waals surface area contributed by atoms with Crippen molar-refractivity contribution < 1.29 is 0 Å². The van der Waals surface area contributed by atoms with Crippen LogP contribution in [0.4, 0.5) is 0 Å². The first kappa shape index (κ1) is 7.35. The summed E-state index contributed by atoms with van der Waals surface area (Å²) in [5.74, 6) is 0. The summed E-state index contributed by atoms with van der Waals surface area (Å²) in [5.41, 5.74) is 3.66. The summed E-state index contributed by atoms with van der Waals surface area (Å²) in [6, 6.07) is 8.35. The molecule has 1 nitrogen and oxygen atoms in total. The van der Waals surface area contributed by atoms with Crippen molar-refractivity contribution in [2.45, 2.75) is 6.92 Å². The second-order valence-electron chi connectivity index (χ2n) is 3.10. The zero-order chi connectivity index (χ0) is 8.55. The summed E-state index contributed by atoms with van der Waals surface area (Å²) in [4.78, 5) is 4.34. The van der Waals surface area contributed by atoms with E-state index in [-0.39, 0.29) is 0 Å². The van der Waals surface area contributed by atoms with Gasteiger partial charge in [-0.25, -0.2) is 0 Å². The van der Waals surface area contributed by atoms with Gasteiger partial charge in [-0.05, 0) is 18.6 Å². The fraction of sp³-hybridized carbons (Fsp3) is 0.100. The highest BCUT2D eigenvalue weighted by atomic mass is 14.6. The molecule has 0 saturated carbocycles. The van der Waals surface area contributed by atoms with Crippen molar-refractivity contribution in [3.63, 3.8) is 0 Å². The van der Waals surface area contributed by atoms with E-state index < -0.39 is 0 Å². The van der Waals surface area contributed by atoms with E-state index in [1.807, 2.05) is 12.3 Å². The predicted octanol–water partition coefficient (Wildman–Crippen LogP) is 0.802. The van der Waals surface area contributed by atoms with Gasteiger partial charge in [0.05, 0.1) is 5.52 Å². The lowest BCUT2D eigenvalue weighted by atomic mass is 9.91. The van der Waals surface area contributed by atoms with Gasteiger partial charge in [0.1, 0.15) is 7.85 Å². The molecular weight excluding hydrogens is 145 g/mol. The van der Waals surface area contributed by atoms with E-state index in [4.69, 9.17) is 0 Å². The van der Waals surface area contributed by atoms with Gasteiger partial charge in [-0.2, -0.15) is 0 Å². The van der Waals surface area contributed by atoms with E-state index in [1.165, 1.54) is 16.4 Å². The molecule has 0 radical (unpaired) electrons. The third kappa shape index (κ3) is 1.000. The lowest BCUT2D eigenvalue weighted by Crippen LogP contribution is -2.05. The standard InChI is InChI=1S/C10H10BN/c1-7-4-5-9(11)10-8(7)3-2-6-12-10/h2-6H,11H2,1H3. The van der Waals surface area contributed by atoms with Crippen LogP contribution in [0.1, 0.15) is 5.56 Å². The van der Waals surface area contributed by atoms with Crippen LogP contribution in [0.15, 0.2) is 30.5 Å². The maximum atomic E-state index is 4.34. The summed E-state index contributed by atoms with van der Waals surface area (Å²) in [5, 5.41) is 1.26. The zero-order valence-corrected chi connectivity index (χ0v) is 7.33. The molecule has 2 aromatic rings. The van der Waals surface area contributed by atoms with E-state index in [0.29, 0.717) is 0 Å². The second-order valence-corrected chi connectivity index (χ2v) is 3.10. The number of fused-ring (bicyclic) bond motifs is 1. The van der Waals surface area contributed by atoms with Crippen molar-refractivity contribution in [2.75, 3.05) is 0 Å². The highest BCUT2D eigenvalue weighted by Gasteiger charge is 1.98. The molecule has 0 fully saturated rings. The maximum absolute atomic E-state index is 4.34. The maximum Gasteiger partial charge on any atom is 0.142 e. The van der Waals surface area contributed by atoms with Crippen LogP contribution in [-0.4, -0.2) is 12.8 Å². The molecule has 12 heavy (non-hydrogen) atoms. The molecule has 0 aliphatic rings. The monoisotopic (exact) mass is 155 g/mol. The second kappa shape index (κ2) is 2.63. The smallest absolute Gasteiger partial charge is 0.142 e. The van der Waals surface area contributed by atoms with Crippen molar-refractivity contribution >= 4 is 24.2 Å². The minimum Gasteiger partial charge on any atom is -0.257 e. The van der Waals surface area contributed by atoms with Gasteiger partial charge in [-0.3, -0.25) is 4.98 Å². The Labute approximate surface area is 72.8 Å². The van der Waals surface area contributed by atoms with Crippen LogP contribution in [0, 0.1) is 6.92 Å². The molecule has 0 aliphatic carbocycles. The van der Waals surface area contributed by atoms with Gasteiger partial charge in [0.2, 0.25) is 0 Å². The van der Waals surface area contributed by atoms with E-state index in [9.17, 15) is 0 Å². The molecular formula is C10H10BN. The minimum atomic E-state index is 1.12. The van der Waals surface area contributed by atoms with E-state index in [2.05, 4.69) is 38.0 Å². The van der Waals surface area contributed by atoms with Gasteiger partial charge in [0.15, 0.2) is 0 Å². The fourth-order valence-electron chi connectivity index (χ4n) is 1.46. The Morgan fingerprint density at radius 2 is 2.08 bits per heavy atom.